The van der Waals surface area contributed by atoms with Crippen LogP contribution in [0.5, 0.6) is 0 Å². The molecule has 0 amide bonds. The maximum absolute atomic E-state index is 12.0. The first-order valence-corrected chi connectivity index (χ1v) is 13.1. The van der Waals surface area contributed by atoms with Crippen molar-refractivity contribution in [3.8, 4) is 0 Å². The number of ether oxygens (including phenoxy) is 1. The molecule has 3 nitrogen and oxygen atoms in total. The van der Waals surface area contributed by atoms with Crippen LogP contribution in [-0.2, 0) is 14.3 Å². The van der Waals surface area contributed by atoms with Gasteiger partial charge in [0, 0.05) is 12.5 Å². The van der Waals surface area contributed by atoms with Crippen LogP contribution >= 0.6 is 0 Å². The number of carbonyl (C=O) groups excluding carboxylic acids is 2. The van der Waals surface area contributed by atoms with Crippen molar-refractivity contribution in [2.24, 2.45) is 46.3 Å². The molecule has 4 saturated carbocycles. The molecule has 0 aromatic heterocycles. The van der Waals surface area contributed by atoms with Crippen molar-refractivity contribution in [1.29, 1.82) is 0 Å². The van der Waals surface area contributed by atoms with E-state index in [-0.39, 0.29) is 5.97 Å². The Balaban J connectivity index is 1.48. The first kappa shape index (κ1) is 23.1. The highest BCUT2D eigenvalue weighted by Crippen LogP contribution is 2.68. The standard InChI is InChI=1S/C28H44O3/c1-5-31-26(30)18-20-12-14-27(3)21(17-20)8-9-22-24-11-10-23(19(2)7-6-16-29)28(24,4)15-13-25(22)27/h16,18-19,21-25H,5-15,17H2,1-4H3/b20-18-/t19?,21?,22?,23-,24+,25+,27?,28?/m1/s1. The second-order valence-electron chi connectivity index (χ2n) is 11.9. The third kappa shape index (κ3) is 4.04. The molecule has 0 heterocycles. The third-order valence-electron chi connectivity index (χ3n) is 10.7. The molecule has 174 valence electrons. The number of hydrogen-bond acceptors (Lipinski definition) is 3. The van der Waals surface area contributed by atoms with Gasteiger partial charge in [-0.05, 0) is 117 Å². The number of carbonyl (C=O) groups is 2. The molecule has 31 heavy (non-hydrogen) atoms. The fraction of sp³-hybridized carbons (Fsp3) is 0.857. The Morgan fingerprint density at radius 2 is 1.87 bits per heavy atom. The smallest absolute Gasteiger partial charge is 0.330 e. The number of allylic oxidation sites excluding steroid dienone is 1. The lowest BCUT2D eigenvalue weighted by Crippen LogP contribution is -2.53. The molecule has 0 bridgehead atoms. The van der Waals surface area contributed by atoms with E-state index >= 15 is 0 Å². The molecule has 3 heteroatoms. The normalized spacial score (nSPS) is 44.1. The molecule has 0 aromatic rings. The van der Waals surface area contributed by atoms with Crippen LogP contribution in [0.4, 0.5) is 0 Å². The highest BCUT2D eigenvalue weighted by Gasteiger charge is 2.60. The summed E-state index contributed by atoms with van der Waals surface area (Å²) in [5.41, 5.74) is 2.25. The second kappa shape index (κ2) is 9.02. The quantitative estimate of drug-likeness (QED) is 0.267. The van der Waals surface area contributed by atoms with Crippen LogP contribution in [0.1, 0.15) is 98.3 Å². The molecule has 8 atom stereocenters. The molecule has 4 aliphatic carbocycles. The molecule has 4 rings (SSSR count). The minimum atomic E-state index is -0.149. The summed E-state index contributed by atoms with van der Waals surface area (Å²) >= 11 is 0. The van der Waals surface area contributed by atoms with Gasteiger partial charge in [0.2, 0.25) is 0 Å². The Morgan fingerprint density at radius 1 is 1.10 bits per heavy atom. The van der Waals surface area contributed by atoms with Gasteiger partial charge in [0.15, 0.2) is 0 Å². The zero-order valence-electron chi connectivity index (χ0n) is 20.3. The van der Waals surface area contributed by atoms with Gasteiger partial charge in [-0.25, -0.2) is 4.79 Å². The molecule has 5 unspecified atom stereocenters. The molecule has 4 fully saturated rings. The number of hydrogen-bond donors (Lipinski definition) is 0. The van der Waals surface area contributed by atoms with Gasteiger partial charge in [0.05, 0.1) is 6.61 Å². The van der Waals surface area contributed by atoms with Crippen molar-refractivity contribution in [2.75, 3.05) is 6.61 Å². The van der Waals surface area contributed by atoms with E-state index < -0.39 is 0 Å². The molecule has 0 saturated heterocycles. The van der Waals surface area contributed by atoms with E-state index in [9.17, 15) is 9.59 Å². The predicted octanol–water partition coefficient (Wildman–Crippen LogP) is 6.75. The van der Waals surface area contributed by atoms with Gasteiger partial charge in [-0.2, -0.15) is 0 Å². The highest BCUT2D eigenvalue weighted by atomic mass is 16.5. The van der Waals surface area contributed by atoms with Gasteiger partial charge >= 0.3 is 5.97 Å². The third-order valence-corrected chi connectivity index (χ3v) is 10.7. The van der Waals surface area contributed by atoms with E-state index in [0.717, 1.165) is 61.6 Å². The summed E-state index contributed by atoms with van der Waals surface area (Å²) < 4.78 is 5.17. The van der Waals surface area contributed by atoms with Crippen LogP contribution in [0.3, 0.4) is 0 Å². The van der Waals surface area contributed by atoms with Gasteiger partial charge in [-0.15, -0.1) is 0 Å². The summed E-state index contributed by atoms with van der Waals surface area (Å²) in [5.74, 6) is 4.68. The van der Waals surface area contributed by atoms with Crippen LogP contribution in [0.25, 0.3) is 0 Å². The minimum absolute atomic E-state index is 0.149. The monoisotopic (exact) mass is 428 g/mol. The van der Waals surface area contributed by atoms with Crippen LogP contribution in [0, 0.1) is 46.3 Å². The van der Waals surface area contributed by atoms with Gasteiger partial charge in [-0.3, -0.25) is 0 Å². The molecule has 0 aliphatic heterocycles. The van der Waals surface area contributed by atoms with Crippen molar-refractivity contribution >= 4 is 12.3 Å². The Bertz CT molecular complexity index is 711. The first-order valence-electron chi connectivity index (χ1n) is 13.1. The number of aldehydes is 1. The Morgan fingerprint density at radius 3 is 2.61 bits per heavy atom. The zero-order valence-corrected chi connectivity index (χ0v) is 20.3. The minimum Gasteiger partial charge on any atom is -0.463 e. The van der Waals surface area contributed by atoms with Gasteiger partial charge in [0.25, 0.3) is 0 Å². The summed E-state index contributed by atoms with van der Waals surface area (Å²) in [7, 11) is 0. The van der Waals surface area contributed by atoms with Crippen LogP contribution in [-0.4, -0.2) is 18.9 Å². The number of rotatable bonds is 6. The van der Waals surface area contributed by atoms with Gasteiger partial charge in [-0.1, -0.05) is 26.3 Å². The Hall–Kier alpha value is -1.12. The van der Waals surface area contributed by atoms with E-state index in [2.05, 4.69) is 20.8 Å². The molecule has 0 radical (unpaired) electrons. The largest absolute Gasteiger partial charge is 0.463 e. The van der Waals surface area contributed by atoms with Crippen LogP contribution in [0.2, 0.25) is 0 Å². The van der Waals surface area contributed by atoms with Crippen LogP contribution < -0.4 is 0 Å². The second-order valence-corrected chi connectivity index (χ2v) is 11.9. The highest BCUT2D eigenvalue weighted by molar-refractivity contribution is 5.82. The lowest BCUT2D eigenvalue weighted by Gasteiger charge is -2.61. The average Bonchev–Trinajstić information content (AvgIpc) is 3.09. The summed E-state index contributed by atoms with van der Waals surface area (Å²) in [6, 6.07) is 0. The molecule has 4 aliphatic rings. The van der Waals surface area contributed by atoms with Gasteiger partial charge in [0.1, 0.15) is 6.29 Å². The zero-order chi connectivity index (χ0) is 22.2. The number of esters is 1. The van der Waals surface area contributed by atoms with Crippen molar-refractivity contribution < 1.29 is 14.3 Å². The van der Waals surface area contributed by atoms with E-state index in [0.29, 0.717) is 23.4 Å². The SMILES string of the molecule is CCOC(=O)/C=C1/CCC2(C)C(CCC3[C@@H]2CCC2(C)[C@@H](C(C)CCC=O)CC[C@@H]32)C1. The lowest BCUT2D eigenvalue weighted by molar-refractivity contribution is -0.137. The summed E-state index contributed by atoms with van der Waals surface area (Å²) in [4.78, 5) is 22.9. The molecular weight excluding hydrogens is 384 g/mol. The van der Waals surface area contributed by atoms with E-state index in [1.54, 1.807) is 6.08 Å². The molecule has 0 N–H and O–H groups in total. The van der Waals surface area contributed by atoms with E-state index in [1.165, 1.54) is 50.5 Å². The predicted molar refractivity (Wildman–Crippen MR) is 124 cm³/mol. The molecule has 0 aromatic carbocycles. The van der Waals surface area contributed by atoms with Crippen molar-refractivity contribution in [2.45, 2.75) is 98.3 Å². The molecule has 0 spiro atoms. The maximum Gasteiger partial charge on any atom is 0.330 e. The lowest BCUT2D eigenvalue weighted by atomic mass is 9.44. The van der Waals surface area contributed by atoms with Crippen LogP contribution in [0.15, 0.2) is 11.6 Å². The van der Waals surface area contributed by atoms with Gasteiger partial charge < -0.3 is 9.53 Å². The maximum atomic E-state index is 12.0. The average molecular weight is 429 g/mol. The van der Waals surface area contributed by atoms with E-state index in [4.69, 9.17) is 4.74 Å². The summed E-state index contributed by atoms with van der Waals surface area (Å²) in [5, 5.41) is 0. The van der Waals surface area contributed by atoms with Crippen molar-refractivity contribution in [3.63, 3.8) is 0 Å². The summed E-state index contributed by atoms with van der Waals surface area (Å²) in [6.07, 6.45) is 16.4. The fourth-order valence-electron chi connectivity index (χ4n) is 9.10. The molecular formula is C28H44O3. The Kier molecular flexibility index (Phi) is 6.71. The first-order chi connectivity index (χ1) is 14.8. The summed E-state index contributed by atoms with van der Waals surface area (Å²) in [6.45, 7) is 9.95. The fourth-order valence-corrected chi connectivity index (χ4v) is 9.10. The van der Waals surface area contributed by atoms with Crippen molar-refractivity contribution in [1.82, 2.24) is 0 Å². The van der Waals surface area contributed by atoms with Crippen molar-refractivity contribution in [3.05, 3.63) is 11.6 Å². The topological polar surface area (TPSA) is 43.4 Å². The Labute approximate surface area is 189 Å². The number of fused-ring (bicyclic) bond motifs is 5. The van der Waals surface area contributed by atoms with E-state index in [1.807, 2.05) is 6.92 Å².